The number of halogens is 2. The van der Waals surface area contributed by atoms with Gasteiger partial charge in [-0.3, -0.25) is 18.9 Å². The summed E-state index contributed by atoms with van der Waals surface area (Å²) < 4.78 is 4.29. The third kappa shape index (κ3) is 4.71. The van der Waals surface area contributed by atoms with Gasteiger partial charge < -0.3 is 9.88 Å². The first-order valence-electron chi connectivity index (χ1n) is 9.37. The predicted molar refractivity (Wildman–Crippen MR) is 125 cm³/mol. The third-order valence-electron chi connectivity index (χ3n) is 5.07. The number of benzene rings is 1. The zero-order chi connectivity index (χ0) is 20.4. The Balaban J connectivity index is 0.00000171. The molecule has 0 aliphatic rings. The summed E-state index contributed by atoms with van der Waals surface area (Å²) in [4.78, 5) is 33.2. The Labute approximate surface area is 191 Å². The molecule has 8 nitrogen and oxygen atoms in total. The van der Waals surface area contributed by atoms with Crippen molar-refractivity contribution in [3.8, 4) is 0 Å². The van der Waals surface area contributed by atoms with Crippen molar-refractivity contribution in [3.63, 3.8) is 0 Å². The van der Waals surface area contributed by atoms with Crippen LogP contribution in [0, 0.1) is 0 Å². The van der Waals surface area contributed by atoms with Crippen LogP contribution in [0.5, 0.6) is 0 Å². The Morgan fingerprint density at radius 1 is 0.968 bits per heavy atom. The maximum absolute atomic E-state index is 12.6. The van der Waals surface area contributed by atoms with E-state index in [-0.39, 0.29) is 42.1 Å². The van der Waals surface area contributed by atoms with E-state index in [1.165, 1.54) is 11.6 Å². The molecule has 0 aliphatic heterocycles. The molecule has 3 heterocycles. The van der Waals surface area contributed by atoms with Crippen LogP contribution in [-0.4, -0.2) is 30.2 Å². The minimum absolute atomic E-state index is 0. The Morgan fingerprint density at radius 2 is 1.68 bits per heavy atom. The van der Waals surface area contributed by atoms with Crippen molar-refractivity contribution >= 4 is 36.0 Å². The summed E-state index contributed by atoms with van der Waals surface area (Å²) in [6.07, 6.45) is 5.21. The zero-order valence-corrected chi connectivity index (χ0v) is 18.8. The van der Waals surface area contributed by atoms with E-state index in [1.807, 2.05) is 36.5 Å². The molecule has 0 spiro atoms. The molecule has 0 radical (unpaired) electrons. The highest BCUT2D eigenvalue weighted by molar-refractivity contribution is 5.85. The average Bonchev–Trinajstić information content (AvgIpc) is 3.19. The normalized spacial score (nSPS) is 11.5. The molecule has 31 heavy (non-hydrogen) atoms. The van der Waals surface area contributed by atoms with Gasteiger partial charge in [0.25, 0.3) is 5.56 Å². The summed E-state index contributed by atoms with van der Waals surface area (Å²) in [5.41, 5.74) is 2.29. The minimum Gasteiger partial charge on any atom is -0.323 e. The number of nitrogens with one attached hydrogen (secondary N) is 1. The molecule has 4 rings (SSSR count). The lowest BCUT2D eigenvalue weighted by atomic mass is 10.0. The Hall–Kier alpha value is -2.94. The molecule has 0 saturated carbocycles. The molecule has 0 saturated heterocycles. The van der Waals surface area contributed by atoms with Gasteiger partial charge in [0.1, 0.15) is 0 Å². The quantitative estimate of drug-likeness (QED) is 0.473. The Kier molecular flexibility index (Phi) is 8.15. The second-order valence-corrected chi connectivity index (χ2v) is 6.90. The molecule has 164 valence electrons. The summed E-state index contributed by atoms with van der Waals surface area (Å²) in [7, 11) is 3.10. The van der Waals surface area contributed by atoms with Crippen LogP contribution in [0.2, 0.25) is 0 Å². The number of hydrogen-bond acceptors (Lipinski definition) is 5. The fraction of sp³-hybridized carbons (Fsp3) is 0.238. The molecule has 3 aromatic heterocycles. The van der Waals surface area contributed by atoms with Crippen LogP contribution in [0.15, 0.2) is 70.8 Å². The van der Waals surface area contributed by atoms with Crippen molar-refractivity contribution in [1.82, 2.24) is 29.0 Å². The summed E-state index contributed by atoms with van der Waals surface area (Å²) in [6.45, 7) is 1.14. The number of rotatable bonds is 6. The third-order valence-corrected chi connectivity index (χ3v) is 5.07. The Bertz CT molecular complexity index is 1210. The van der Waals surface area contributed by atoms with E-state index in [1.54, 1.807) is 24.1 Å². The summed E-state index contributed by atoms with van der Waals surface area (Å²) >= 11 is 0. The van der Waals surface area contributed by atoms with E-state index >= 15 is 0 Å². The predicted octanol–water partition coefficient (Wildman–Crippen LogP) is 2.05. The van der Waals surface area contributed by atoms with Gasteiger partial charge in [0, 0.05) is 39.6 Å². The highest BCUT2D eigenvalue weighted by atomic mass is 35.5. The van der Waals surface area contributed by atoms with Gasteiger partial charge in [0.05, 0.1) is 12.4 Å². The van der Waals surface area contributed by atoms with Crippen LogP contribution in [0.3, 0.4) is 0 Å². The van der Waals surface area contributed by atoms with Gasteiger partial charge in [-0.25, -0.2) is 9.78 Å². The number of aryl methyl sites for hydroxylation is 1. The molecule has 0 aliphatic carbocycles. The van der Waals surface area contributed by atoms with Crippen molar-refractivity contribution in [2.24, 2.45) is 14.1 Å². The monoisotopic (exact) mass is 462 g/mol. The number of pyridine rings is 1. The minimum atomic E-state index is -0.383. The summed E-state index contributed by atoms with van der Waals surface area (Å²) in [5, 5.41) is 3.55. The standard InChI is InChI=1S/C21H22N6O2.2ClH/c1-25-19-18(20(28)26(2)21(25)29)27(14-24-19)12-11-23-17(15-7-4-3-5-8-15)16-9-6-10-22-13-16;;/h3-10,13-14,17,23H,11-12H2,1-2H3;2*1H. The molecule has 1 unspecified atom stereocenters. The molecule has 0 bridgehead atoms. The van der Waals surface area contributed by atoms with Gasteiger partial charge in [-0.05, 0) is 17.2 Å². The highest BCUT2D eigenvalue weighted by Crippen LogP contribution is 2.20. The molecular weight excluding hydrogens is 439 g/mol. The van der Waals surface area contributed by atoms with Crippen molar-refractivity contribution < 1.29 is 0 Å². The van der Waals surface area contributed by atoms with Gasteiger partial charge in [-0.1, -0.05) is 36.4 Å². The van der Waals surface area contributed by atoms with Crippen LogP contribution in [0.4, 0.5) is 0 Å². The lowest BCUT2D eigenvalue weighted by molar-refractivity contribution is 0.554. The highest BCUT2D eigenvalue weighted by Gasteiger charge is 2.16. The molecule has 0 fully saturated rings. The van der Waals surface area contributed by atoms with Gasteiger partial charge >= 0.3 is 5.69 Å². The van der Waals surface area contributed by atoms with Gasteiger partial charge in [0.2, 0.25) is 0 Å². The molecule has 4 aromatic rings. The fourth-order valence-electron chi connectivity index (χ4n) is 3.52. The molecule has 1 aromatic carbocycles. The smallest absolute Gasteiger partial charge is 0.323 e. The topological polar surface area (TPSA) is 86.7 Å². The summed E-state index contributed by atoms with van der Waals surface area (Å²) in [5.74, 6) is 0. The van der Waals surface area contributed by atoms with Crippen LogP contribution in [0.25, 0.3) is 11.2 Å². The number of nitrogens with zero attached hydrogens (tertiary/aromatic N) is 5. The van der Waals surface area contributed by atoms with E-state index in [9.17, 15) is 9.59 Å². The van der Waals surface area contributed by atoms with Crippen LogP contribution in [0.1, 0.15) is 17.2 Å². The van der Waals surface area contributed by atoms with Crippen LogP contribution < -0.4 is 16.6 Å². The second kappa shape index (κ2) is 10.4. The van der Waals surface area contributed by atoms with E-state index in [0.717, 1.165) is 15.7 Å². The lowest BCUT2D eigenvalue weighted by Crippen LogP contribution is -2.37. The van der Waals surface area contributed by atoms with Crippen molar-refractivity contribution in [3.05, 3.63) is 93.2 Å². The fourth-order valence-corrected chi connectivity index (χ4v) is 3.52. The van der Waals surface area contributed by atoms with E-state index < -0.39 is 0 Å². The van der Waals surface area contributed by atoms with Gasteiger partial charge in [-0.15, -0.1) is 24.8 Å². The van der Waals surface area contributed by atoms with Crippen molar-refractivity contribution in [2.45, 2.75) is 12.6 Å². The number of fused-ring (bicyclic) bond motifs is 1. The molecule has 1 atom stereocenters. The number of aromatic nitrogens is 5. The van der Waals surface area contributed by atoms with Crippen molar-refractivity contribution in [1.29, 1.82) is 0 Å². The van der Waals surface area contributed by atoms with E-state index in [2.05, 4.69) is 27.4 Å². The number of imidazole rings is 1. The first-order valence-corrected chi connectivity index (χ1v) is 9.37. The Morgan fingerprint density at radius 3 is 2.35 bits per heavy atom. The SMILES string of the molecule is Cl.Cl.Cn1c(=O)c2c(ncn2CCNC(c2ccccc2)c2cccnc2)n(C)c1=O. The molecule has 0 amide bonds. The molecular formula is C21H24Cl2N6O2. The van der Waals surface area contributed by atoms with Crippen LogP contribution in [-0.2, 0) is 20.6 Å². The maximum atomic E-state index is 12.6. The van der Waals surface area contributed by atoms with E-state index in [0.29, 0.717) is 24.3 Å². The van der Waals surface area contributed by atoms with E-state index in [4.69, 9.17) is 0 Å². The summed E-state index contributed by atoms with van der Waals surface area (Å²) in [6, 6.07) is 14.1. The maximum Gasteiger partial charge on any atom is 0.332 e. The second-order valence-electron chi connectivity index (χ2n) is 6.90. The molecule has 1 N–H and O–H groups in total. The van der Waals surface area contributed by atoms with Gasteiger partial charge in [0.15, 0.2) is 11.2 Å². The zero-order valence-electron chi connectivity index (χ0n) is 17.1. The van der Waals surface area contributed by atoms with Crippen molar-refractivity contribution in [2.75, 3.05) is 6.54 Å². The number of hydrogen-bond donors (Lipinski definition) is 1. The first kappa shape index (κ1) is 24.3. The largest absolute Gasteiger partial charge is 0.332 e. The molecule has 10 heteroatoms. The first-order chi connectivity index (χ1) is 14.1. The average molecular weight is 463 g/mol. The van der Waals surface area contributed by atoms with Gasteiger partial charge in [-0.2, -0.15) is 0 Å². The van der Waals surface area contributed by atoms with Crippen LogP contribution >= 0.6 is 24.8 Å². The lowest BCUT2D eigenvalue weighted by Gasteiger charge is -2.20.